The fourth-order valence-corrected chi connectivity index (χ4v) is 0.699. The van der Waals surface area contributed by atoms with Gasteiger partial charge in [0.25, 0.3) is 0 Å². The Kier molecular flexibility index (Phi) is 13.4. The molecular weight excluding hydrogens is 300 g/mol. The molecule has 0 unspecified atom stereocenters. The molecule has 3 nitrogen and oxygen atoms in total. The molecule has 0 aliphatic heterocycles. The van der Waals surface area contributed by atoms with Gasteiger partial charge < -0.3 is 9.84 Å². The summed E-state index contributed by atoms with van der Waals surface area (Å²) in [5, 5.41) is 8.41. The van der Waals surface area contributed by atoms with Gasteiger partial charge in [0.05, 0.1) is 6.61 Å². The fraction of sp³-hybridized carbons (Fsp3) is 0.0952. The second-order valence-corrected chi connectivity index (χ2v) is 3.00. The van der Waals surface area contributed by atoms with Crippen LogP contribution in [0.1, 0.15) is 0 Å². The molecule has 3 heteroatoms. The van der Waals surface area contributed by atoms with Crippen LogP contribution in [0.3, 0.4) is 0 Å². The minimum atomic E-state index is -0.768. The lowest BCUT2D eigenvalue weighted by Gasteiger charge is -1.92. The van der Waals surface area contributed by atoms with Gasteiger partial charge in [0.2, 0.25) is 0 Å². The predicted molar refractivity (Wildman–Crippen MR) is 89.1 cm³/mol. The molecule has 0 amide bonds. The SMILES string of the molecule is C#CC#CC#CC#CC#CC#CC#CC#CC#CC(=O)OCCO. The Balaban J connectivity index is 4.33. The van der Waals surface area contributed by atoms with Crippen molar-refractivity contribution in [3.63, 3.8) is 0 Å². The molecular formula is C21H6O3. The van der Waals surface area contributed by atoms with Crippen molar-refractivity contribution in [3.05, 3.63) is 0 Å². The van der Waals surface area contributed by atoms with Gasteiger partial charge in [-0.1, -0.05) is 0 Å². The number of carbonyl (C=O) groups is 1. The van der Waals surface area contributed by atoms with Crippen LogP contribution in [0.25, 0.3) is 0 Å². The monoisotopic (exact) mass is 306 g/mol. The van der Waals surface area contributed by atoms with E-state index >= 15 is 0 Å². The Morgan fingerprint density at radius 1 is 0.708 bits per heavy atom. The molecule has 0 aliphatic rings. The molecule has 0 aliphatic carbocycles. The summed E-state index contributed by atoms with van der Waals surface area (Å²) in [4.78, 5) is 10.9. The van der Waals surface area contributed by atoms with E-state index in [1.54, 1.807) is 0 Å². The highest BCUT2D eigenvalue weighted by molar-refractivity contribution is 5.89. The van der Waals surface area contributed by atoms with Crippen molar-refractivity contribution in [3.8, 4) is 107 Å². The van der Waals surface area contributed by atoms with Crippen molar-refractivity contribution in [1.82, 2.24) is 0 Å². The zero-order valence-corrected chi connectivity index (χ0v) is 12.3. The molecule has 0 heterocycles. The second-order valence-electron chi connectivity index (χ2n) is 3.00. The summed E-state index contributed by atoms with van der Waals surface area (Å²) in [5.74, 6) is 39.4. The van der Waals surface area contributed by atoms with Crippen molar-refractivity contribution >= 4 is 5.97 Å². The molecule has 0 saturated heterocycles. The summed E-state index contributed by atoms with van der Waals surface area (Å²) in [6.07, 6.45) is 4.89. The van der Waals surface area contributed by atoms with Gasteiger partial charge in [0.15, 0.2) is 0 Å². The van der Waals surface area contributed by atoms with Crippen LogP contribution >= 0.6 is 0 Å². The first-order valence-corrected chi connectivity index (χ1v) is 6.05. The number of carbonyl (C=O) groups excluding carboxylic acids is 1. The maximum atomic E-state index is 10.9. The van der Waals surface area contributed by atoms with Crippen LogP contribution in [0, 0.1) is 107 Å². The van der Waals surface area contributed by atoms with Crippen molar-refractivity contribution < 1.29 is 14.6 Å². The van der Waals surface area contributed by atoms with Crippen molar-refractivity contribution in [1.29, 1.82) is 0 Å². The average Bonchev–Trinajstić information content (AvgIpc) is 2.59. The molecule has 0 saturated carbocycles. The maximum absolute atomic E-state index is 10.9. The van der Waals surface area contributed by atoms with Crippen LogP contribution in [0.15, 0.2) is 0 Å². The van der Waals surface area contributed by atoms with Gasteiger partial charge in [0, 0.05) is 5.92 Å². The number of ether oxygens (including phenoxy) is 1. The van der Waals surface area contributed by atoms with Gasteiger partial charge in [-0.15, -0.1) is 6.42 Å². The normalized spacial score (nSPS) is 5.17. The Bertz CT molecular complexity index is 1010. The molecule has 24 heavy (non-hydrogen) atoms. The second kappa shape index (κ2) is 16.5. The fourth-order valence-electron chi connectivity index (χ4n) is 0.699. The number of hydrogen-bond acceptors (Lipinski definition) is 3. The summed E-state index contributed by atoms with van der Waals surface area (Å²) in [6, 6.07) is 0. The van der Waals surface area contributed by atoms with Crippen LogP contribution in [-0.2, 0) is 9.53 Å². The van der Waals surface area contributed by atoms with Crippen molar-refractivity contribution in [2.45, 2.75) is 0 Å². The topological polar surface area (TPSA) is 46.5 Å². The third-order valence-corrected chi connectivity index (χ3v) is 1.44. The molecule has 1 N–H and O–H groups in total. The van der Waals surface area contributed by atoms with Crippen LogP contribution in [0.2, 0.25) is 0 Å². The summed E-state index contributed by atoms with van der Waals surface area (Å²) in [5.41, 5.74) is 0. The number of rotatable bonds is 2. The molecule has 0 aromatic rings. The maximum Gasteiger partial charge on any atom is 0.385 e. The van der Waals surface area contributed by atoms with Gasteiger partial charge in [-0.3, -0.25) is 0 Å². The first-order valence-electron chi connectivity index (χ1n) is 6.05. The van der Waals surface area contributed by atoms with Gasteiger partial charge in [0.1, 0.15) is 6.61 Å². The third kappa shape index (κ3) is 15.5. The van der Waals surface area contributed by atoms with E-state index < -0.39 is 5.97 Å². The number of hydrogen-bond donors (Lipinski definition) is 1. The molecule has 0 fully saturated rings. The van der Waals surface area contributed by atoms with E-state index in [0.717, 1.165) is 0 Å². The first kappa shape index (κ1) is 19.5. The van der Waals surface area contributed by atoms with E-state index in [1.807, 2.05) is 0 Å². The van der Waals surface area contributed by atoms with E-state index in [0.29, 0.717) is 0 Å². The number of aliphatic hydroxyl groups excluding tert-OH is 1. The van der Waals surface area contributed by atoms with Crippen molar-refractivity contribution in [2.24, 2.45) is 0 Å². The predicted octanol–water partition coefficient (Wildman–Crippen LogP) is -0.818. The van der Waals surface area contributed by atoms with Gasteiger partial charge in [-0.25, -0.2) is 4.79 Å². The van der Waals surface area contributed by atoms with Gasteiger partial charge in [-0.05, 0) is 94.7 Å². The summed E-state index contributed by atoms with van der Waals surface area (Å²) < 4.78 is 4.48. The van der Waals surface area contributed by atoms with E-state index in [4.69, 9.17) is 11.5 Å². The highest BCUT2D eigenvalue weighted by Crippen LogP contribution is 1.73. The van der Waals surface area contributed by atoms with E-state index in [1.165, 1.54) is 0 Å². The Labute approximate surface area is 141 Å². The summed E-state index contributed by atoms with van der Waals surface area (Å²) in [6.45, 7) is -0.361. The third-order valence-electron chi connectivity index (χ3n) is 1.44. The smallest absolute Gasteiger partial charge is 0.385 e. The Morgan fingerprint density at radius 2 is 1.08 bits per heavy atom. The molecule has 0 rings (SSSR count). The van der Waals surface area contributed by atoms with Gasteiger partial charge >= 0.3 is 5.97 Å². The average molecular weight is 306 g/mol. The van der Waals surface area contributed by atoms with Crippen LogP contribution in [-0.4, -0.2) is 24.3 Å². The summed E-state index contributed by atoms with van der Waals surface area (Å²) >= 11 is 0. The van der Waals surface area contributed by atoms with Crippen molar-refractivity contribution in [2.75, 3.05) is 13.2 Å². The minimum absolute atomic E-state index is 0.103. The Hall–Kier alpha value is -4.53. The number of terminal acetylenes is 1. The highest BCUT2D eigenvalue weighted by atomic mass is 16.5. The van der Waals surface area contributed by atoms with E-state index in [9.17, 15) is 4.79 Å². The van der Waals surface area contributed by atoms with Crippen LogP contribution in [0.4, 0.5) is 0 Å². The quantitative estimate of drug-likeness (QED) is 0.412. The van der Waals surface area contributed by atoms with E-state index in [2.05, 4.69) is 105 Å². The molecule has 0 bridgehead atoms. The molecule has 0 aromatic heterocycles. The van der Waals surface area contributed by atoms with Crippen LogP contribution in [0.5, 0.6) is 0 Å². The molecule has 0 atom stereocenters. The zero-order chi connectivity index (χ0) is 17.7. The zero-order valence-electron chi connectivity index (χ0n) is 12.3. The lowest BCUT2D eigenvalue weighted by molar-refractivity contribution is -0.137. The molecule has 0 radical (unpaired) electrons. The Morgan fingerprint density at radius 3 is 1.46 bits per heavy atom. The largest absolute Gasteiger partial charge is 0.454 e. The number of aliphatic hydroxyl groups is 1. The first-order chi connectivity index (χ1) is 11.8. The van der Waals surface area contributed by atoms with E-state index in [-0.39, 0.29) is 13.2 Å². The standard InChI is InChI=1S/C21H6O3/c1-2-3-4-5-6-7-8-9-10-11-12-13-14-15-16-17-18-21(23)24-20-19-22/h1,22H,19-20H2. The minimum Gasteiger partial charge on any atom is -0.454 e. The lowest BCUT2D eigenvalue weighted by atomic mass is 10.5. The van der Waals surface area contributed by atoms with Crippen LogP contribution < -0.4 is 0 Å². The van der Waals surface area contributed by atoms with Gasteiger partial charge in [-0.2, -0.15) is 0 Å². The molecule has 0 aromatic carbocycles. The number of esters is 1. The highest BCUT2D eigenvalue weighted by Gasteiger charge is 1.92. The lowest BCUT2D eigenvalue weighted by Crippen LogP contribution is -2.05. The molecule has 108 valence electrons. The molecule has 0 spiro atoms. The summed E-state index contributed by atoms with van der Waals surface area (Å²) in [7, 11) is 0.